The number of anilines is 1. The summed E-state index contributed by atoms with van der Waals surface area (Å²) in [6.45, 7) is 0. The van der Waals surface area contributed by atoms with Crippen molar-refractivity contribution in [2.45, 2.75) is 35.5 Å². The number of carboxylic acids is 1. The van der Waals surface area contributed by atoms with Gasteiger partial charge in [0.1, 0.15) is 5.82 Å². The summed E-state index contributed by atoms with van der Waals surface area (Å²) in [5.74, 6) is -4.25. The van der Waals surface area contributed by atoms with Crippen LogP contribution in [0, 0.1) is 11.6 Å². The second-order valence-electron chi connectivity index (χ2n) is 7.71. The molecule has 1 heterocycles. The van der Waals surface area contributed by atoms with Gasteiger partial charge in [-0.1, -0.05) is 17.7 Å². The molecule has 0 spiro atoms. The van der Waals surface area contributed by atoms with E-state index in [0.717, 1.165) is 23.5 Å². The number of aliphatic carboxylic acids is 1. The fourth-order valence-corrected chi connectivity index (χ4v) is 6.14. The van der Waals surface area contributed by atoms with Crippen molar-refractivity contribution in [1.82, 2.24) is 4.98 Å². The first-order valence-corrected chi connectivity index (χ1v) is 13.0. The van der Waals surface area contributed by atoms with Crippen LogP contribution in [0.4, 0.5) is 13.9 Å². The molecule has 1 amide bonds. The summed E-state index contributed by atoms with van der Waals surface area (Å²) in [4.78, 5) is 27.9. The molecule has 0 aliphatic heterocycles. The highest BCUT2D eigenvalue weighted by Gasteiger charge is 2.38. The number of halogens is 3. The van der Waals surface area contributed by atoms with E-state index in [2.05, 4.69) is 10.3 Å². The van der Waals surface area contributed by atoms with Gasteiger partial charge in [-0.15, -0.1) is 11.3 Å². The predicted molar refractivity (Wildman–Crippen MR) is 123 cm³/mol. The second kappa shape index (κ2) is 9.88. The van der Waals surface area contributed by atoms with E-state index < -0.39 is 50.5 Å². The van der Waals surface area contributed by atoms with Crippen molar-refractivity contribution in [2.24, 2.45) is 0 Å². The van der Waals surface area contributed by atoms with Gasteiger partial charge in [0, 0.05) is 17.0 Å². The van der Waals surface area contributed by atoms with Gasteiger partial charge >= 0.3 is 5.97 Å². The third-order valence-electron chi connectivity index (χ3n) is 5.02. The number of rotatable bonds is 9. The maximum atomic E-state index is 14.3. The first-order chi connectivity index (χ1) is 16.5. The van der Waals surface area contributed by atoms with Crippen molar-refractivity contribution in [2.75, 3.05) is 5.32 Å². The van der Waals surface area contributed by atoms with Crippen molar-refractivity contribution in [3.05, 3.63) is 69.7 Å². The SMILES string of the molecule is O=C(O)Cc1csc(NC(=O)C(Oc2ccc(F)cc2F)c2ccc(S(=O)(=O)C3CC3)c(Cl)c2)n1. The fourth-order valence-electron chi connectivity index (χ4n) is 3.21. The van der Waals surface area contributed by atoms with E-state index >= 15 is 0 Å². The number of hydrogen-bond acceptors (Lipinski definition) is 7. The maximum Gasteiger partial charge on any atom is 0.309 e. The van der Waals surface area contributed by atoms with Crippen molar-refractivity contribution in [1.29, 1.82) is 0 Å². The van der Waals surface area contributed by atoms with Crippen LogP contribution < -0.4 is 10.1 Å². The highest BCUT2D eigenvalue weighted by atomic mass is 35.5. The molecule has 1 atom stereocenters. The van der Waals surface area contributed by atoms with Crippen molar-refractivity contribution < 1.29 is 36.6 Å². The topological polar surface area (TPSA) is 123 Å². The van der Waals surface area contributed by atoms with E-state index in [1.54, 1.807) is 0 Å². The average Bonchev–Trinajstić information content (AvgIpc) is 3.55. The summed E-state index contributed by atoms with van der Waals surface area (Å²) in [5.41, 5.74) is 0.325. The number of thiazole rings is 1. The Morgan fingerprint density at radius 1 is 1.23 bits per heavy atom. The van der Waals surface area contributed by atoms with Crippen molar-refractivity contribution in [3.63, 3.8) is 0 Å². The number of nitrogens with one attached hydrogen (secondary N) is 1. The molecule has 184 valence electrons. The van der Waals surface area contributed by atoms with E-state index in [4.69, 9.17) is 21.4 Å². The van der Waals surface area contributed by atoms with Crippen molar-refractivity contribution >= 4 is 49.8 Å². The summed E-state index contributed by atoms with van der Waals surface area (Å²) >= 11 is 7.22. The molecule has 1 saturated carbocycles. The normalized spacial score (nSPS) is 14.4. The number of hydrogen-bond donors (Lipinski definition) is 2. The predicted octanol–water partition coefficient (Wildman–Crippen LogP) is 4.40. The average molecular weight is 543 g/mol. The molecule has 13 heteroatoms. The summed E-state index contributed by atoms with van der Waals surface area (Å²) in [7, 11) is -3.62. The number of amides is 1. The van der Waals surface area contributed by atoms with E-state index in [0.29, 0.717) is 18.9 Å². The lowest BCUT2D eigenvalue weighted by Gasteiger charge is -2.20. The lowest BCUT2D eigenvalue weighted by molar-refractivity contribution is -0.136. The van der Waals surface area contributed by atoms with Crippen LogP contribution in [0.15, 0.2) is 46.7 Å². The molecular formula is C22H17ClF2N2O6S2. The van der Waals surface area contributed by atoms with Gasteiger partial charge in [0.05, 0.1) is 27.3 Å². The zero-order valence-corrected chi connectivity index (χ0v) is 20.1. The summed E-state index contributed by atoms with van der Waals surface area (Å²) in [5, 5.41) is 12.2. The van der Waals surface area contributed by atoms with Crippen LogP contribution in [-0.4, -0.2) is 35.6 Å². The second-order valence-corrected chi connectivity index (χ2v) is 11.2. The molecule has 2 N–H and O–H groups in total. The molecule has 0 saturated heterocycles. The molecule has 0 radical (unpaired) electrons. The quantitative estimate of drug-likeness (QED) is 0.411. The van der Waals surface area contributed by atoms with Gasteiger partial charge < -0.3 is 9.84 Å². The maximum absolute atomic E-state index is 14.3. The largest absolute Gasteiger partial charge is 0.481 e. The van der Waals surface area contributed by atoms with E-state index in [-0.39, 0.29) is 32.7 Å². The van der Waals surface area contributed by atoms with Gasteiger partial charge in [-0.3, -0.25) is 14.9 Å². The molecule has 4 rings (SSSR count). The number of sulfone groups is 1. The molecule has 1 unspecified atom stereocenters. The van der Waals surface area contributed by atoms with Gasteiger partial charge in [-0.25, -0.2) is 22.2 Å². The number of aromatic nitrogens is 1. The molecule has 35 heavy (non-hydrogen) atoms. The monoisotopic (exact) mass is 542 g/mol. The van der Waals surface area contributed by atoms with Crippen LogP contribution in [0.25, 0.3) is 0 Å². The van der Waals surface area contributed by atoms with Gasteiger partial charge in [0.15, 0.2) is 26.5 Å². The van der Waals surface area contributed by atoms with Gasteiger partial charge in [0.2, 0.25) is 6.10 Å². The van der Waals surface area contributed by atoms with Crippen LogP contribution in [0.2, 0.25) is 5.02 Å². The van der Waals surface area contributed by atoms with Crippen LogP contribution in [0.5, 0.6) is 5.75 Å². The van der Waals surface area contributed by atoms with E-state index in [1.807, 2.05) is 0 Å². The number of nitrogens with zero attached hydrogens (tertiary/aromatic N) is 1. The molecule has 3 aromatic rings. The first kappa shape index (κ1) is 25.0. The summed E-state index contributed by atoms with van der Waals surface area (Å²) in [6.07, 6.45) is -0.803. The molecule has 0 bridgehead atoms. The third-order valence-corrected chi connectivity index (χ3v) is 8.57. The number of ether oxygens (including phenoxy) is 1. The summed E-state index contributed by atoms with van der Waals surface area (Å²) < 4.78 is 58.3. The lowest BCUT2D eigenvalue weighted by Crippen LogP contribution is -2.26. The smallest absolute Gasteiger partial charge is 0.309 e. The molecule has 1 aromatic heterocycles. The molecule has 1 aliphatic rings. The zero-order valence-electron chi connectivity index (χ0n) is 17.7. The Labute approximate surface area is 207 Å². The number of carboxylic acid groups (broad SMARTS) is 1. The summed E-state index contributed by atoms with van der Waals surface area (Å²) in [6, 6.07) is 6.36. The standard InChI is InChI=1S/C22H17ClF2N2O6S2/c23-15-7-11(1-6-18(15)35(31,32)14-3-4-14)20(33-17-5-2-12(24)8-16(17)25)21(30)27-22-26-13(10-34-22)9-19(28)29/h1-2,5-8,10,14,20H,3-4,9H2,(H,28,29)(H,26,27,30). The van der Waals surface area contributed by atoms with Gasteiger partial charge in [-0.05, 0) is 37.1 Å². The highest BCUT2D eigenvalue weighted by molar-refractivity contribution is 7.92. The van der Waals surface area contributed by atoms with Crippen LogP contribution >= 0.6 is 22.9 Å². The van der Waals surface area contributed by atoms with Gasteiger partial charge in [-0.2, -0.15) is 0 Å². The van der Waals surface area contributed by atoms with Crippen molar-refractivity contribution in [3.8, 4) is 5.75 Å². The number of benzene rings is 2. The zero-order chi connectivity index (χ0) is 25.3. The molecule has 1 fully saturated rings. The van der Waals surface area contributed by atoms with E-state index in [9.17, 15) is 26.8 Å². The Kier molecular flexibility index (Phi) is 7.06. The molecular weight excluding hydrogens is 526 g/mol. The van der Waals surface area contributed by atoms with Crippen LogP contribution in [0.3, 0.4) is 0 Å². The minimum atomic E-state index is -3.62. The van der Waals surface area contributed by atoms with Crippen LogP contribution in [-0.2, 0) is 25.8 Å². The minimum Gasteiger partial charge on any atom is -0.481 e. The fraction of sp³-hybridized carbons (Fsp3) is 0.227. The van der Waals surface area contributed by atoms with Gasteiger partial charge in [0.25, 0.3) is 5.91 Å². The van der Waals surface area contributed by atoms with E-state index in [1.165, 1.54) is 23.6 Å². The molecule has 8 nitrogen and oxygen atoms in total. The Hall–Kier alpha value is -3.09. The Morgan fingerprint density at radius 2 is 1.97 bits per heavy atom. The number of carbonyl (C=O) groups excluding carboxylic acids is 1. The van der Waals surface area contributed by atoms with Crippen LogP contribution in [0.1, 0.15) is 30.2 Å². The highest BCUT2D eigenvalue weighted by Crippen LogP contribution is 2.38. The lowest BCUT2D eigenvalue weighted by atomic mass is 10.1. The molecule has 1 aliphatic carbocycles. The Morgan fingerprint density at radius 3 is 2.60 bits per heavy atom. The number of carbonyl (C=O) groups is 2. The molecule has 2 aromatic carbocycles. The third kappa shape index (κ3) is 5.77. The first-order valence-electron chi connectivity index (χ1n) is 10.2. The Bertz CT molecular complexity index is 1410. The minimum absolute atomic E-state index is 0.0680. The Balaban J connectivity index is 1.66.